The van der Waals surface area contributed by atoms with E-state index in [1.165, 1.54) is 5.57 Å². The Morgan fingerprint density at radius 1 is 1.23 bits per heavy atom. The number of carbonyl (C=O) groups excluding carboxylic acids is 1. The number of aryl methyl sites for hydroxylation is 1. The van der Waals surface area contributed by atoms with Crippen LogP contribution in [0.15, 0.2) is 66.1 Å². The summed E-state index contributed by atoms with van der Waals surface area (Å²) in [5, 5.41) is 10.9. The fourth-order valence-electron chi connectivity index (χ4n) is 6.01. The van der Waals surface area contributed by atoms with E-state index in [-0.39, 0.29) is 29.7 Å². The van der Waals surface area contributed by atoms with E-state index < -0.39 is 0 Å². The molecule has 2 heterocycles. The number of hydrogen-bond donors (Lipinski definition) is 2. The van der Waals surface area contributed by atoms with Gasteiger partial charge < -0.3 is 19.7 Å². The lowest BCUT2D eigenvalue weighted by Gasteiger charge is -2.40. The first kappa shape index (κ1) is 27.0. The second kappa shape index (κ2) is 11.7. The van der Waals surface area contributed by atoms with Gasteiger partial charge in [-0.3, -0.25) is 9.69 Å². The molecule has 0 saturated carbocycles. The predicted octanol–water partition coefficient (Wildman–Crippen LogP) is 5.55. The molecule has 3 aliphatic rings. The van der Waals surface area contributed by atoms with Crippen molar-refractivity contribution in [3.05, 3.63) is 88.6 Å². The molecule has 2 N–H and O–H groups in total. The van der Waals surface area contributed by atoms with Crippen molar-refractivity contribution in [3.8, 4) is 11.5 Å². The molecule has 0 fully saturated rings. The van der Waals surface area contributed by atoms with E-state index in [0.29, 0.717) is 25.4 Å². The number of nitrogens with one attached hydrogen (secondary N) is 1. The number of amides is 1. The van der Waals surface area contributed by atoms with Crippen LogP contribution in [0, 0.1) is 12.8 Å². The number of ether oxygens (including phenoxy) is 1. The molecule has 2 aliphatic carbocycles. The van der Waals surface area contributed by atoms with Gasteiger partial charge in [0, 0.05) is 43.9 Å². The summed E-state index contributed by atoms with van der Waals surface area (Å²) in [7, 11) is 0. The number of carbonyl (C=O) groups is 1. The van der Waals surface area contributed by atoms with E-state index in [9.17, 15) is 9.90 Å². The molecule has 1 amide bonds. The number of aromatic nitrogens is 2. The van der Waals surface area contributed by atoms with E-state index in [4.69, 9.17) is 4.74 Å². The number of allylic oxidation sites excluding steroid dienone is 4. The van der Waals surface area contributed by atoms with Crippen LogP contribution < -0.4 is 4.74 Å². The van der Waals surface area contributed by atoms with Crippen LogP contribution in [0.4, 0.5) is 0 Å². The second-order valence-electron chi connectivity index (χ2n) is 10.8. The number of H-pyrrole nitrogens is 1. The van der Waals surface area contributed by atoms with Crippen LogP contribution in [0.3, 0.4) is 0 Å². The van der Waals surface area contributed by atoms with Gasteiger partial charge in [-0.25, -0.2) is 4.98 Å². The van der Waals surface area contributed by atoms with Crippen LogP contribution in [0.25, 0.3) is 0 Å². The third-order valence-electron chi connectivity index (χ3n) is 8.25. The average molecular weight is 529 g/mol. The monoisotopic (exact) mass is 528 g/mol. The molecule has 0 saturated heterocycles. The summed E-state index contributed by atoms with van der Waals surface area (Å²) >= 11 is 0. The highest BCUT2D eigenvalue weighted by molar-refractivity contribution is 5.94. The first-order chi connectivity index (χ1) is 18.9. The largest absolute Gasteiger partial charge is 0.504 e. The Morgan fingerprint density at radius 2 is 2.05 bits per heavy atom. The lowest BCUT2D eigenvalue weighted by Crippen LogP contribution is -2.38. The fraction of sp³-hybridized carbons (Fsp3) is 0.438. The molecular formula is C32H40N4O3. The van der Waals surface area contributed by atoms with E-state index in [1.807, 2.05) is 55.2 Å². The van der Waals surface area contributed by atoms with Gasteiger partial charge in [0.05, 0.1) is 18.1 Å². The summed E-state index contributed by atoms with van der Waals surface area (Å²) in [5.41, 5.74) is 6.55. The minimum Gasteiger partial charge on any atom is -0.504 e. The maximum atomic E-state index is 13.2. The van der Waals surface area contributed by atoms with Gasteiger partial charge in [0.15, 0.2) is 11.5 Å². The average Bonchev–Trinajstić information content (AvgIpc) is 3.34. The Bertz CT molecular complexity index is 1330. The Labute approximate surface area is 231 Å². The van der Waals surface area contributed by atoms with Crippen LogP contribution in [-0.4, -0.2) is 56.5 Å². The Kier molecular flexibility index (Phi) is 8.07. The molecule has 1 aromatic heterocycles. The van der Waals surface area contributed by atoms with Crippen molar-refractivity contribution in [2.75, 3.05) is 19.6 Å². The highest BCUT2D eigenvalue weighted by atomic mass is 16.5. The van der Waals surface area contributed by atoms with Crippen molar-refractivity contribution in [1.82, 2.24) is 19.8 Å². The number of phenols is 1. The third kappa shape index (κ3) is 5.59. The number of hydrogen-bond acceptors (Lipinski definition) is 5. The van der Waals surface area contributed by atoms with Crippen LogP contribution in [0.2, 0.25) is 0 Å². The number of phenolic OH excluding ortho intramolecular Hbond substituents is 1. The first-order valence-corrected chi connectivity index (χ1v) is 14.2. The van der Waals surface area contributed by atoms with Gasteiger partial charge in [-0.1, -0.05) is 37.3 Å². The van der Waals surface area contributed by atoms with Gasteiger partial charge in [-0.05, 0) is 74.4 Å². The number of rotatable bonds is 8. The molecule has 1 aromatic carbocycles. The molecule has 0 radical (unpaired) electrons. The number of aromatic hydroxyl groups is 1. The molecule has 39 heavy (non-hydrogen) atoms. The van der Waals surface area contributed by atoms with Gasteiger partial charge in [0.25, 0.3) is 0 Å². The SMILES string of the molecule is CCN(CC)C(=O)C1=CC=C([C@H]2c3cc(OC4C=CC=CC4)c(O)cc3CCN2Cc2nc[nH]c2C)CC1C. The highest BCUT2D eigenvalue weighted by Crippen LogP contribution is 2.45. The molecule has 5 rings (SSSR count). The smallest absolute Gasteiger partial charge is 0.250 e. The Morgan fingerprint density at radius 3 is 2.72 bits per heavy atom. The zero-order valence-corrected chi connectivity index (χ0v) is 23.5. The van der Waals surface area contributed by atoms with Gasteiger partial charge in [0.2, 0.25) is 5.91 Å². The summed E-state index contributed by atoms with van der Waals surface area (Å²) in [6.45, 7) is 11.2. The minimum absolute atomic E-state index is 0.00148. The molecule has 7 heteroatoms. The summed E-state index contributed by atoms with van der Waals surface area (Å²) < 4.78 is 6.26. The molecular weight excluding hydrogens is 488 g/mol. The van der Waals surface area contributed by atoms with Crippen molar-refractivity contribution in [2.24, 2.45) is 5.92 Å². The second-order valence-corrected chi connectivity index (χ2v) is 10.8. The molecule has 0 spiro atoms. The van der Waals surface area contributed by atoms with Crippen molar-refractivity contribution >= 4 is 5.91 Å². The highest BCUT2D eigenvalue weighted by Gasteiger charge is 2.35. The normalized spacial score (nSPS) is 22.7. The number of benzene rings is 1. The summed E-state index contributed by atoms with van der Waals surface area (Å²) in [5.74, 6) is 0.944. The standard InChI is InChI=1S/C32H40N4O3/c1-5-35(6-2)32(38)26-13-12-24(16-21(26)3)31-27-18-30(39-25-10-8-7-9-11-25)29(37)17-23(27)14-15-36(31)19-28-22(4)33-20-34-28/h7-10,12-13,17-18,20-21,25,31,37H,5-6,11,14-16,19H2,1-4H3,(H,33,34)/t21?,25?,31-/m0/s1. The maximum absolute atomic E-state index is 13.2. The molecule has 206 valence electrons. The van der Waals surface area contributed by atoms with E-state index >= 15 is 0 Å². The summed E-state index contributed by atoms with van der Waals surface area (Å²) in [4.78, 5) is 25.4. The Balaban J connectivity index is 1.53. The van der Waals surface area contributed by atoms with Crippen LogP contribution in [0.1, 0.15) is 62.2 Å². The Hall–Kier alpha value is -3.58. The molecule has 0 bridgehead atoms. The minimum atomic E-state index is -0.103. The van der Waals surface area contributed by atoms with E-state index in [2.05, 4.69) is 40.9 Å². The van der Waals surface area contributed by atoms with Crippen LogP contribution >= 0.6 is 0 Å². The van der Waals surface area contributed by atoms with E-state index in [1.54, 1.807) is 6.33 Å². The predicted molar refractivity (Wildman–Crippen MR) is 153 cm³/mol. The number of nitrogens with zero attached hydrogens (tertiary/aromatic N) is 3. The lowest BCUT2D eigenvalue weighted by atomic mass is 9.79. The zero-order chi connectivity index (χ0) is 27.5. The van der Waals surface area contributed by atoms with Crippen molar-refractivity contribution in [3.63, 3.8) is 0 Å². The zero-order valence-electron chi connectivity index (χ0n) is 23.5. The maximum Gasteiger partial charge on any atom is 0.250 e. The van der Waals surface area contributed by atoms with Crippen molar-refractivity contribution in [2.45, 2.75) is 65.6 Å². The number of fused-ring (bicyclic) bond motifs is 1. The molecule has 7 nitrogen and oxygen atoms in total. The number of imidazole rings is 1. The van der Waals surface area contributed by atoms with Crippen LogP contribution in [-0.2, 0) is 17.8 Å². The molecule has 1 aliphatic heterocycles. The van der Waals surface area contributed by atoms with Crippen LogP contribution in [0.5, 0.6) is 11.5 Å². The lowest BCUT2D eigenvalue weighted by molar-refractivity contribution is -0.127. The van der Waals surface area contributed by atoms with E-state index in [0.717, 1.165) is 53.9 Å². The number of likely N-dealkylation sites (N-methyl/N-ethyl adjacent to an activating group) is 1. The molecule has 2 unspecified atom stereocenters. The fourth-order valence-corrected chi connectivity index (χ4v) is 6.01. The van der Waals surface area contributed by atoms with Crippen molar-refractivity contribution in [1.29, 1.82) is 0 Å². The summed E-state index contributed by atoms with van der Waals surface area (Å²) in [6.07, 6.45) is 16.3. The molecule has 3 atom stereocenters. The van der Waals surface area contributed by atoms with Gasteiger partial charge in [-0.2, -0.15) is 0 Å². The number of aromatic amines is 1. The van der Waals surface area contributed by atoms with Crippen molar-refractivity contribution < 1.29 is 14.6 Å². The quantitative estimate of drug-likeness (QED) is 0.470. The summed E-state index contributed by atoms with van der Waals surface area (Å²) in [6, 6.07) is 3.92. The van der Waals surface area contributed by atoms with Gasteiger partial charge in [0.1, 0.15) is 6.10 Å². The van der Waals surface area contributed by atoms with Gasteiger partial charge in [-0.15, -0.1) is 0 Å². The first-order valence-electron chi connectivity index (χ1n) is 14.2. The third-order valence-corrected chi connectivity index (χ3v) is 8.25. The topological polar surface area (TPSA) is 81.7 Å². The molecule has 2 aromatic rings. The van der Waals surface area contributed by atoms with Gasteiger partial charge >= 0.3 is 0 Å².